The third-order valence-electron chi connectivity index (χ3n) is 6.04. The minimum absolute atomic E-state index is 0.0369. The average molecular weight is 482 g/mol. The number of aliphatic hydroxyl groups is 1. The van der Waals surface area contributed by atoms with Gasteiger partial charge in [0.15, 0.2) is 11.5 Å². The maximum atomic E-state index is 13.2. The number of carbonyl (C=O) groups is 2. The van der Waals surface area contributed by atoms with Crippen LogP contribution < -0.4 is 14.2 Å². The van der Waals surface area contributed by atoms with Crippen molar-refractivity contribution in [2.75, 3.05) is 40.1 Å². The van der Waals surface area contributed by atoms with Crippen molar-refractivity contribution < 1.29 is 33.6 Å². The van der Waals surface area contributed by atoms with Gasteiger partial charge in [0.05, 0.1) is 18.2 Å². The zero-order valence-corrected chi connectivity index (χ0v) is 20.1. The first-order valence-electron chi connectivity index (χ1n) is 11.9. The standard InChI is InChI=1S/C27H31NO7/c1-3-4-13-33-20-8-5-7-18(16-20)24-23(26(30)27(31)28(24)11-6-12-32-2)25(29)19-9-10-21-22(17-19)35-15-14-34-21/h5,7-10,16-17,24,29H,3-4,6,11-15H2,1-2H3. The molecule has 1 fully saturated rings. The third kappa shape index (κ3) is 5.27. The molecule has 2 aliphatic rings. The maximum absolute atomic E-state index is 13.2. The van der Waals surface area contributed by atoms with Gasteiger partial charge in [-0.1, -0.05) is 25.5 Å². The zero-order valence-electron chi connectivity index (χ0n) is 20.1. The summed E-state index contributed by atoms with van der Waals surface area (Å²) < 4.78 is 22.2. The Balaban J connectivity index is 1.76. The van der Waals surface area contributed by atoms with Crippen molar-refractivity contribution in [1.29, 1.82) is 0 Å². The van der Waals surface area contributed by atoms with Crippen LogP contribution in [0.1, 0.15) is 43.4 Å². The normalized spacial score (nSPS) is 18.7. The highest BCUT2D eigenvalue weighted by Gasteiger charge is 2.46. The van der Waals surface area contributed by atoms with E-state index in [4.69, 9.17) is 18.9 Å². The van der Waals surface area contributed by atoms with Crippen molar-refractivity contribution in [1.82, 2.24) is 4.90 Å². The van der Waals surface area contributed by atoms with Gasteiger partial charge in [-0.05, 0) is 48.7 Å². The monoisotopic (exact) mass is 481 g/mol. The molecule has 0 radical (unpaired) electrons. The lowest BCUT2D eigenvalue weighted by Crippen LogP contribution is -2.31. The third-order valence-corrected chi connectivity index (χ3v) is 6.04. The molecular weight excluding hydrogens is 450 g/mol. The van der Waals surface area contributed by atoms with E-state index in [2.05, 4.69) is 6.92 Å². The van der Waals surface area contributed by atoms with Crippen molar-refractivity contribution >= 4 is 17.4 Å². The van der Waals surface area contributed by atoms with Crippen LogP contribution in [0.3, 0.4) is 0 Å². The van der Waals surface area contributed by atoms with Crippen LogP contribution in [0.15, 0.2) is 48.0 Å². The van der Waals surface area contributed by atoms with Crippen LogP contribution >= 0.6 is 0 Å². The first kappa shape index (κ1) is 24.6. The number of fused-ring (bicyclic) bond motifs is 1. The number of carbonyl (C=O) groups excluding carboxylic acids is 2. The summed E-state index contributed by atoms with van der Waals surface area (Å²) in [4.78, 5) is 27.8. The molecule has 1 unspecified atom stereocenters. The van der Waals surface area contributed by atoms with Gasteiger partial charge in [-0.2, -0.15) is 0 Å². The van der Waals surface area contributed by atoms with Gasteiger partial charge in [0.2, 0.25) is 0 Å². The Hall–Kier alpha value is -3.52. The molecule has 0 spiro atoms. The molecule has 0 aliphatic carbocycles. The summed E-state index contributed by atoms with van der Waals surface area (Å²) in [6.07, 6.45) is 2.48. The van der Waals surface area contributed by atoms with Crippen molar-refractivity contribution in [2.45, 2.75) is 32.2 Å². The number of hydrogen-bond acceptors (Lipinski definition) is 7. The summed E-state index contributed by atoms with van der Waals surface area (Å²) in [7, 11) is 1.59. The molecule has 0 saturated carbocycles. The number of ketones is 1. The molecule has 186 valence electrons. The molecule has 0 bridgehead atoms. The highest BCUT2D eigenvalue weighted by atomic mass is 16.6. The van der Waals surface area contributed by atoms with E-state index in [9.17, 15) is 14.7 Å². The molecule has 2 heterocycles. The number of aliphatic hydroxyl groups excluding tert-OH is 1. The molecule has 8 heteroatoms. The molecule has 1 atom stereocenters. The number of unbranched alkanes of at least 4 members (excludes halogenated alkanes) is 1. The Morgan fingerprint density at radius 2 is 1.86 bits per heavy atom. The second-order valence-electron chi connectivity index (χ2n) is 8.47. The van der Waals surface area contributed by atoms with Crippen LogP contribution in [0.4, 0.5) is 0 Å². The number of rotatable bonds is 10. The molecule has 1 N–H and O–H groups in total. The molecule has 0 aromatic heterocycles. The van der Waals surface area contributed by atoms with E-state index in [1.54, 1.807) is 25.3 Å². The van der Waals surface area contributed by atoms with Crippen LogP contribution in [-0.2, 0) is 14.3 Å². The summed E-state index contributed by atoms with van der Waals surface area (Å²) in [5.41, 5.74) is 1.11. The van der Waals surface area contributed by atoms with Gasteiger partial charge in [-0.15, -0.1) is 0 Å². The first-order valence-corrected chi connectivity index (χ1v) is 11.9. The predicted molar refractivity (Wildman–Crippen MR) is 130 cm³/mol. The second-order valence-corrected chi connectivity index (χ2v) is 8.47. The molecule has 1 saturated heterocycles. The fourth-order valence-electron chi connectivity index (χ4n) is 4.29. The van der Waals surface area contributed by atoms with Crippen molar-refractivity contribution in [2.24, 2.45) is 0 Å². The van der Waals surface area contributed by atoms with E-state index in [1.807, 2.05) is 24.3 Å². The average Bonchev–Trinajstić information content (AvgIpc) is 3.13. The van der Waals surface area contributed by atoms with E-state index in [-0.39, 0.29) is 11.3 Å². The minimum atomic E-state index is -0.755. The lowest BCUT2D eigenvalue weighted by atomic mass is 9.95. The van der Waals surface area contributed by atoms with Crippen molar-refractivity contribution in [3.05, 3.63) is 59.2 Å². The molecule has 2 aromatic carbocycles. The maximum Gasteiger partial charge on any atom is 0.295 e. The van der Waals surface area contributed by atoms with Crippen molar-refractivity contribution in [3.8, 4) is 17.2 Å². The van der Waals surface area contributed by atoms with Gasteiger partial charge in [0.1, 0.15) is 24.7 Å². The van der Waals surface area contributed by atoms with Gasteiger partial charge in [-0.25, -0.2) is 0 Å². The summed E-state index contributed by atoms with van der Waals surface area (Å²) in [6.45, 7) is 4.25. The largest absolute Gasteiger partial charge is 0.507 e. The fourth-order valence-corrected chi connectivity index (χ4v) is 4.29. The number of Topliss-reactive ketones (excluding diaryl/α,β-unsaturated/α-hetero) is 1. The lowest BCUT2D eigenvalue weighted by molar-refractivity contribution is -0.140. The minimum Gasteiger partial charge on any atom is -0.507 e. The topological polar surface area (TPSA) is 94.5 Å². The van der Waals surface area contributed by atoms with E-state index < -0.39 is 17.7 Å². The van der Waals surface area contributed by atoms with Gasteiger partial charge in [0.25, 0.3) is 11.7 Å². The van der Waals surface area contributed by atoms with Gasteiger partial charge in [0, 0.05) is 25.8 Å². The molecule has 2 aliphatic heterocycles. The van der Waals surface area contributed by atoms with E-state index >= 15 is 0 Å². The van der Waals surface area contributed by atoms with Gasteiger partial charge >= 0.3 is 0 Å². The zero-order chi connectivity index (χ0) is 24.8. The number of benzene rings is 2. The summed E-state index contributed by atoms with van der Waals surface area (Å²) >= 11 is 0. The van der Waals surface area contributed by atoms with Gasteiger partial charge in [-0.3, -0.25) is 9.59 Å². The van der Waals surface area contributed by atoms with Crippen LogP contribution in [0, 0.1) is 0 Å². The number of likely N-dealkylation sites (tertiary alicyclic amines) is 1. The second kappa shape index (κ2) is 11.3. The summed E-state index contributed by atoms with van der Waals surface area (Å²) in [5.74, 6) is 0.0769. The van der Waals surface area contributed by atoms with Crippen LogP contribution in [0.5, 0.6) is 17.2 Å². The van der Waals surface area contributed by atoms with E-state index in [0.717, 1.165) is 12.8 Å². The first-order chi connectivity index (χ1) is 17.0. The SMILES string of the molecule is CCCCOc1cccc(C2C(=C(O)c3ccc4c(c3)OCCO4)C(=O)C(=O)N2CCCOC)c1. The fraction of sp³-hybridized carbons (Fsp3) is 0.407. The Morgan fingerprint density at radius 3 is 2.63 bits per heavy atom. The van der Waals surface area contributed by atoms with Crippen molar-refractivity contribution in [3.63, 3.8) is 0 Å². The summed E-state index contributed by atoms with van der Waals surface area (Å²) in [5, 5.41) is 11.3. The highest BCUT2D eigenvalue weighted by Crippen LogP contribution is 2.41. The predicted octanol–water partition coefficient (Wildman–Crippen LogP) is 4.09. The van der Waals surface area contributed by atoms with E-state index in [0.29, 0.717) is 67.8 Å². The Morgan fingerprint density at radius 1 is 1.06 bits per heavy atom. The Bertz CT molecular complexity index is 1110. The highest BCUT2D eigenvalue weighted by molar-refractivity contribution is 6.46. The Kier molecular flexibility index (Phi) is 7.92. The number of amides is 1. The van der Waals surface area contributed by atoms with Crippen LogP contribution in [0.25, 0.3) is 5.76 Å². The smallest absolute Gasteiger partial charge is 0.295 e. The molecular formula is C27H31NO7. The van der Waals surface area contributed by atoms with E-state index in [1.165, 1.54) is 4.90 Å². The molecule has 2 aromatic rings. The number of ether oxygens (including phenoxy) is 4. The van der Waals surface area contributed by atoms with Gasteiger partial charge < -0.3 is 29.0 Å². The lowest BCUT2D eigenvalue weighted by Gasteiger charge is -2.26. The quantitative estimate of drug-likeness (QED) is 0.236. The van der Waals surface area contributed by atoms with Crippen LogP contribution in [0.2, 0.25) is 0 Å². The number of hydrogen-bond donors (Lipinski definition) is 1. The molecule has 1 amide bonds. The summed E-state index contributed by atoms with van der Waals surface area (Å²) in [6, 6.07) is 11.6. The number of nitrogens with zero attached hydrogens (tertiary/aromatic N) is 1. The van der Waals surface area contributed by atoms with Crippen LogP contribution in [-0.4, -0.2) is 61.8 Å². The Labute approximate surface area is 205 Å². The molecule has 35 heavy (non-hydrogen) atoms. The molecule has 8 nitrogen and oxygen atoms in total. The number of methoxy groups -OCH3 is 1. The molecule has 4 rings (SSSR count).